The van der Waals surface area contributed by atoms with E-state index in [0.29, 0.717) is 12.2 Å². The normalized spacial score (nSPS) is 18.8. The summed E-state index contributed by atoms with van der Waals surface area (Å²) in [5.74, 6) is -1.33. The summed E-state index contributed by atoms with van der Waals surface area (Å²) in [7, 11) is 4.58. The first-order valence-corrected chi connectivity index (χ1v) is 5.04. The van der Waals surface area contributed by atoms with Crippen LogP contribution in [-0.4, -0.2) is 38.2 Å². The van der Waals surface area contributed by atoms with Crippen LogP contribution in [0.1, 0.15) is 6.42 Å². The maximum Gasteiger partial charge on any atom is 0.328 e. The molecule has 0 aromatic rings. The van der Waals surface area contributed by atoms with E-state index in [1.54, 1.807) is 12.2 Å². The topological polar surface area (TPSA) is 65.0 Å². The molecule has 0 saturated heterocycles. The molecular weight excluding hydrogens is 224 g/mol. The van der Waals surface area contributed by atoms with Gasteiger partial charge < -0.3 is 19.3 Å². The number of carbonyl (C=O) groups is 1. The van der Waals surface area contributed by atoms with Gasteiger partial charge in [-0.2, -0.15) is 0 Å². The molecule has 17 heavy (non-hydrogen) atoms. The summed E-state index contributed by atoms with van der Waals surface area (Å²) in [5.41, 5.74) is 0.760. The van der Waals surface area contributed by atoms with E-state index in [4.69, 9.17) is 19.3 Å². The number of carboxylic acid groups (broad SMARTS) is 1. The van der Waals surface area contributed by atoms with Crippen LogP contribution in [0, 0.1) is 0 Å². The Hall–Kier alpha value is -1.59. The van der Waals surface area contributed by atoms with Gasteiger partial charge in [-0.15, -0.1) is 0 Å². The Morgan fingerprint density at radius 3 is 2.53 bits per heavy atom. The van der Waals surface area contributed by atoms with E-state index < -0.39 is 11.8 Å². The molecular formula is C12H16O5. The van der Waals surface area contributed by atoms with Crippen molar-refractivity contribution in [3.8, 4) is 0 Å². The lowest BCUT2D eigenvalue weighted by Gasteiger charge is -2.31. The molecule has 0 bridgehead atoms. The van der Waals surface area contributed by atoms with Crippen LogP contribution in [0.2, 0.25) is 0 Å². The van der Waals surface area contributed by atoms with Crippen molar-refractivity contribution in [2.45, 2.75) is 12.2 Å². The van der Waals surface area contributed by atoms with Crippen LogP contribution < -0.4 is 0 Å². The van der Waals surface area contributed by atoms with E-state index in [-0.39, 0.29) is 0 Å². The molecule has 0 spiro atoms. The van der Waals surface area contributed by atoms with Crippen LogP contribution in [0.5, 0.6) is 0 Å². The molecule has 0 heterocycles. The first-order chi connectivity index (χ1) is 8.05. The number of hydrogen-bond donors (Lipinski definition) is 1. The summed E-state index contributed by atoms with van der Waals surface area (Å²) < 4.78 is 15.7. The van der Waals surface area contributed by atoms with Crippen molar-refractivity contribution in [3.05, 3.63) is 35.6 Å². The Kier molecular flexibility index (Phi) is 4.48. The second-order valence-corrected chi connectivity index (χ2v) is 3.54. The number of aliphatic carboxylic acids is 1. The van der Waals surface area contributed by atoms with Crippen molar-refractivity contribution in [1.29, 1.82) is 0 Å². The van der Waals surface area contributed by atoms with Crippen LogP contribution >= 0.6 is 0 Å². The van der Waals surface area contributed by atoms with Crippen LogP contribution in [0.25, 0.3) is 0 Å². The number of hydrogen-bond acceptors (Lipinski definition) is 4. The first-order valence-electron chi connectivity index (χ1n) is 5.04. The number of carboxylic acids is 1. The van der Waals surface area contributed by atoms with E-state index in [1.165, 1.54) is 27.4 Å². The molecule has 5 nitrogen and oxygen atoms in total. The molecule has 0 radical (unpaired) electrons. The zero-order valence-corrected chi connectivity index (χ0v) is 10.1. The maximum atomic E-state index is 10.5. The molecule has 94 valence electrons. The monoisotopic (exact) mass is 240 g/mol. The Morgan fingerprint density at radius 1 is 1.41 bits per heavy atom. The SMILES string of the molecule is COC1=CC(OC)(OC)CC(/C=C/C(=O)O)=C1. The molecule has 0 saturated carbocycles. The summed E-state index contributed by atoms with van der Waals surface area (Å²) in [6.45, 7) is 0. The predicted octanol–water partition coefficient (Wildman–Crippen LogP) is 1.48. The first kappa shape index (κ1) is 13.5. The molecule has 0 atom stereocenters. The van der Waals surface area contributed by atoms with Crippen LogP contribution in [0.3, 0.4) is 0 Å². The Morgan fingerprint density at radius 2 is 2.06 bits per heavy atom. The van der Waals surface area contributed by atoms with Crippen molar-refractivity contribution in [3.63, 3.8) is 0 Å². The summed E-state index contributed by atoms with van der Waals surface area (Å²) in [5, 5.41) is 8.59. The summed E-state index contributed by atoms with van der Waals surface area (Å²) in [4.78, 5) is 10.5. The van der Waals surface area contributed by atoms with Crippen LogP contribution in [0.15, 0.2) is 35.6 Å². The standard InChI is InChI=1S/C12H16O5/c1-15-10-6-9(4-5-11(13)14)7-12(8-10,16-2)17-3/h4-6,8H,7H2,1-3H3,(H,13,14)/b5-4+. The lowest BCUT2D eigenvalue weighted by Crippen LogP contribution is -2.34. The quantitative estimate of drug-likeness (QED) is 0.582. The highest BCUT2D eigenvalue weighted by molar-refractivity contribution is 5.80. The van der Waals surface area contributed by atoms with Gasteiger partial charge in [-0.3, -0.25) is 0 Å². The highest BCUT2D eigenvalue weighted by atomic mass is 16.7. The third kappa shape index (κ3) is 3.44. The van der Waals surface area contributed by atoms with Gasteiger partial charge in [-0.1, -0.05) is 6.08 Å². The fourth-order valence-corrected chi connectivity index (χ4v) is 1.58. The van der Waals surface area contributed by atoms with Gasteiger partial charge in [0, 0.05) is 32.8 Å². The Labute approximate surface area is 100.0 Å². The molecule has 1 rings (SSSR count). The lowest BCUT2D eigenvalue weighted by atomic mass is 9.97. The minimum atomic E-state index is -1.00. The third-order valence-corrected chi connectivity index (χ3v) is 2.51. The summed E-state index contributed by atoms with van der Waals surface area (Å²) in [6, 6.07) is 0. The highest BCUT2D eigenvalue weighted by Gasteiger charge is 2.31. The van der Waals surface area contributed by atoms with Gasteiger partial charge in [-0.25, -0.2) is 4.79 Å². The van der Waals surface area contributed by atoms with Crippen molar-refractivity contribution < 1.29 is 24.1 Å². The predicted molar refractivity (Wildman–Crippen MR) is 61.3 cm³/mol. The van der Waals surface area contributed by atoms with Crippen molar-refractivity contribution >= 4 is 5.97 Å². The molecule has 5 heteroatoms. The van der Waals surface area contributed by atoms with E-state index >= 15 is 0 Å². The number of ether oxygens (including phenoxy) is 3. The van der Waals surface area contributed by atoms with E-state index in [1.807, 2.05) is 0 Å². The van der Waals surface area contributed by atoms with Crippen LogP contribution in [-0.2, 0) is 19.0 Å². The van der Waals surface area contributed by atoms with E-state index in [0.717, 1.165) is 11.6 Å². The average molecular weight is 240 g/mol. The Balaban J connectivity index is 2.98. The number of methoxy groups -OCH3 is 3. The summed E-state index contributed by atoms with van der Waals surface area (Å²) in [6.07, 6.45) is 6.46. The fourth-order valence-electron chi connectivity index (χ4n) is 1.58. The van der Waals surface area contributed by atoms with Crippen molar-refractivity contribution in [1.82, 2.24) is 0 Å². The molecule has 1 aliphatic carbocycles. The maximum absolute atomic E-state index is 10.5. The van der Waals surface area contributed by atoms with Gasteiger partial charge in [0.1, 0.15) is 5.76 Å². The highest BCUT2D eigenvalue weighted by Crippen LogP contribution is 2.30. The number of rotatable bonds is 5. The zero-order chi connectivity index (χ0) is 12.9. The van der Waals surface area contributed by atoms with Gasteiger partial charge in [0.05, 0.1) is 7.11 Å². The summed E-state index contributed by atoms with van der Waals surface area (Å²) >= 11 is 0. The third-order valence-electron chi connectivity index (χ3n) is 2.51. The lowest BCUT2D eigenvalue weighted by molar-refractivity contribution is -0.170. The molecule has 0 fully saturated rings. The molecule has 0 unspecified atom stereocenters. The van der Waals surface area contributed by atoms with Crippen molar-refractivity contribution in [2.75, 3.05) is 21.3 Å². The largest absolute Gasteiger partial charge is 0.497 e. The van der Waals surface area contributed by atoms with Gasteiger partial charge in [0.2, 0.25) is 0 Å². The van der Waals surface area contributed by atoms with E-state index in [2.05, 4.69) is 0 Å². The van der Waals surface area contributed by atoms with Crippen molar-refractivity contribution in [2.24, 2.45) is 0 Å². The average Bonchev–Trinajstić information content (AvgIpc) is 2.35. The van der Waals surface area contributed by atoms with Gasteiger partial charge in [0.15, 0.2) is 5.79 Å². The molecule has 0 aliphatic heterocycles. The minimum Gasteiger partial charge on any atom is -0.497 e. The smallest absolute Gasteiger partial charge is 0.328 e. The molecule has 0 aromatic heterocycles. The second kappa shape index (κ2) is 5.65. The van der Waals surface area contributed by atoms with Gasteiger partial charge in [-0.05, 0) is 11.6 Å². The van der Waals surface area contributed by atoms with Gasteiger partial charge >= 0.3 is 5.97 Å². The molecule has 0 aromatic carbocycles. The molecule has 1 N–H and O–H groups in total. The number of allylic oxidation sites excluding steroid dienone is 2. The van der Waals surface area contributed by atoms with Gasteiger partial charge in [0.25, 0.3) is 0 Å². The second-order valence-electron chi connectivity index (χ2n) is 3.54. The molecule has 1 aliphatic rings. The Bertz CT molecular complexity index is 374. The fraction of sp³-hybridized carbons (Fsp3) is 0.417. The van der Waals surface area contributed by atoms with E-state index in [9.17, 15) is 4.79 Å². The van der Waals surface area contributed by atoms with Crippen LogP contribution in [0.4, 0.5) is 0 Å². The zero-order valence-electron chi connectivity index (χ0n) is 10.1. The molecule has 0 amide bonds. The minimum absolute atomic E-state index is 0.427.